The molecule has 6 nitrogen and oxygen atoms in total. The summed E-state index contributed by atoms with van der Waals surface area (Å²) >= 11 is 1.69. The first-order valence-corrected chi connectivity index (χ1v) is 13.3. The number of unbranched alkanes of at least 4 members (excludes halogenated alkanes) is 2. The molecule has 2 heterocycles. The molecule has 0 fully saturated rings. The highest BCUT2D eigenvalue weighted by molar-refractivity contribution is 7.85. The van der Waals surface area contributed by atoms with Gasteiger partial charge in [0, 0.05) is 35.8 Å². The first-order valence-electron chi connectivity index (χ1n) is 10.9. The van der Waals surface area contributed by atoms with Crippen molar-refractivity contribution < 1.29 is 27.1 Å². The molecule has 0 saturated heterocycles. The highest BCUT2D eigenvalue weighted by Crippen LogP contribution is 2.47. The minimum atomic E-state index is -4.22. The molecule has 170 valence electrons. The minimum absolute atomic E-state index is 0.137. The van der Waals surface area contributed by atoms with Crippen LogP contribution in [0.15, 0.2) is 23.6 Å². The Balaban J connectivity index is 1.80. The van der Waals surface area contributed by atoms with Gasteiger partial charge in [-0.15, -0.1) is 11.3 Å². The van der Waals surface area contributed by atoms with E-state index in [2.05, 4.69) is 42.0 Å². The van der Waals surface area contributed by atoms with Crippen molar-refractivity contribution in [1.29, 1.82) is 0 Å². The topological polar surface area (TPSA) is 86.5 Å². The number of fused-ring (bicyclic) bond motifs is 3. The van der Waals surface area contributed by atoms with E-state index in [9.17, 15) is 17.8 Å². The van der Waals surface area contributed by atoms with Crippen molar-refractivity contribution in [2.75, 3.05) is 18.9 Å². The van der Waals surface area contributed by atoms with Gasteiger partial charge in [-0.2, -0.15) is 4.58 Å². The highest BCUT2D eigenvalue weighted by Gasteiger charge is 2.46. The van der Waals surface area contributed by atoms with E-state index >= 15 is 0 Å². The molecule has 1 atom stereocenters. The van der Waals surface area contributed by atoms with E-state index in [1.54, 1.807) is 11.3 Å². The standard InChI is InChI=1S/C23H31NO5S2/c1-4-29-21(25)9-6-5-7-13-23(3)17(2)24(14-8-16-31(26,27)28)22-18-12-15-30-20(18)11-10-19(22)23/h10-12,15H,4-9,13-14,16H2,1-3H3. The van der Waals surface area contributed by atoms with Gasteiger partial charge >= 0.3 is 5.97 Å². The molecule has 1 aromatic carbocycles. The maximum Gasteiger partial charge on any atom is 0.305 e. The fourth-order valence-corrected chi connectivity index (χ4v) is 5.85. The van der Waals surface area contributed by atoms with Crippen molar-refractivity contribution >= 4 is 48.9 Å². The number of benzene rings is 1. The van der Waals surface area contributed by atoms with Crippen LogP contribution in [0.3, 0.4) is 0 Å². The number of thiophene rings is 1. The number of carbonyl (C=O) groups excluding carboxylic acids is 1. The maximum absolute atomic E-state index is 11.6. The third-order valence-electron chi connectivity index (χ3n) is 6.31. The van der Waals surface area contributed by atoms with Crippen LogP contribution >= 0.6 is 11.3 Å². The first kappa shape index (κ1) is 23.9. The summed E-state index contributed by atoms with van der Waals surface area (Å²) < 4.78 is 41.7. The smallest absolute Gasteiger partial charge is 0.305 e. The fourth-order valence-electron chi connectivity index (χ4n) is 4.58. The van der Waals surface area contributed by atoms with Gasteiger partial charge in [0.1, 0.15) is 6.54 Å². The average molecular weight is 466 g/mol. The van der Waals surface area contributed by atoms with Crippen LogP contribution in [0.25, 0.3) is 10.1 Å². The van der Waals surface area contributed by atoms with Crippen LogP contribution in [-0.2, 0) is 25.1 Å². The van der Waals surface area contributed by atoms with E-state index < -0.39 is 10.1 Å². The van der Waals surface area contributed by atoms with Crippen molar-refractivity contribution in [2.45, 2.75) is 64.7 Å². The molecule has 1 aliphatic heterocycles. The zero-order chi connectivity index (χ0) is 22.6. The molecule has 0 spiro atoms. The van der Waals surface area contributed by atoms with E-state index in [-0.39, 0.29) is 17.1 Å². The molecule has 31 heavy (non-hydrogen) atoms. The van der Waals surface area contributed by atoms with Gasteiger partial charge in [-0.1, -0.05) is 12.8 Å². The molecule has 0 aliphatic carbocycles. The number of hydrogen-bond donors (Lipinski definition) is 0. The summed E-state index contributed by atoms with van der Waals surface area (Å²) in [4.78, 5) is 11.6. The van der Waals surface area contributed by atoms with E-state index in [0.717, 1.165) is 31.4 Å². The van der Waals surface area contributed by atoms with Crippen molar-refractivity contribution in [2.24, 2.45) is 0 Å². The SMILES string of the molecule is CCOC(=O)CCCCCC1(C)C(C)=[N+](CCCS(=O)(=O)[O-])c2c1ccc1sccc21. The van der Waals surface area contributed by atoms with Gasteiger partial charge in [-0.3, -0.25) is 4.79 Å². The van der Waals surface area contributed by atoms with Crippen LogP contribution in [0.1, 0.15) is 64.9 Å². The summed E-state index contributed by atoms with van der Waals surface area (Å²) in [5.74, 6) is -0.488. The number of nitrogens with zero attached hydrogens (tertiary/aromatic N) is 1. The molecule has 1 unspecified atom stereocenters. The summed E-state index contributed by atoms with van der Waals surface area (Å²) in [6.45, 7) is 7.10. The second-order valence-corrected chi connectivity index (χ2v) is 10.8. The molecule has 0 bridgehead atoms. The van der Waals surface area contributed by atoms with Crippen molar-refractivity contribution in [3.05, 3.63) is 29.1 Å². The molecule has 0 amide bonds. The number of hydrogen-bond acceptors (Lipinski definition) is 6. The van der Waals surface area contributed by atoms with Gasteiger partial charge in [-0.25, -0.2) is 8.42 Å². The van der Waals surface area contributed by atoms with Crippen LogP contribution in [0.2, 0.25) is 0 Å². The quantitative estimate of drug-likeness (QED) is 0.207. The lowest BCUT2D eigenvalue weighted by Crippen LogP contribution is -2.30. The lowest BCUT2D eigenvalue weighted by atomic mass is 9.75. The minimum Gasteiger partial charge on any atom is -0.748 e. The van der Waals surface area contributed by atoms with Crippen LogP contribution < -0.4 is 0 Å². The Hall–Kier alpha value is -1.77. The molecule has 1 aliphatic rings. The summed E-state index contributed by atoms with van der Waals surface area (Å²) in [7, 11) is -4.22. The lowest BCUT2D eigenvalue weighted by molar-refractivity contribution is -0.437. The zero-order valence-electron chi connectivity index (χ0n) is 18.5. The molecule has 0 radical (unpaired) electrons. The summed E-state index contributed by atoms with van der Waals surface area (Å²) in [6.07, 6.45) is 4.45. The van der Waals surface area contributed by atoms with Gasteiger partial charge in [0.25, 0.3) is 0 Å². The summed E-state index contributed by atoms with van der Waals surface area (Å²) in [5.41, 5.74) is 3.43. The summed E-state index contributed by atoms with van der Waals surface area (Å²) in [6, 6.07) is 6.48. The van der Waals surface area contributed by atoms with Crippen LogP contribution in [0, 0.1) is 0 Å². The molecule has 2 aromatic rings. The predicted molar refractivity (Wildman–Crippen MR) is 124 cm³/mol. The normalized spacial score (nSPS) is 18.6. The highest BCUT2D eigenvalue weighted by atomic mass is 32.2. The molecule has 1 aromatic heterocycles. The molecule has 3 rings (SSSR count). The summed E-state index contributed by atoms with van der Waals surface area (Å²) in [5, 5.41) is 3.25. The fraction of sp³-hybridized carbons (Fsp3) is 0.565. The zero-order valence-corrected chi connectivity index (χ0v) is 20.1. The Bertz CT molecular complexity index is 1090. The number of esters is 1. The van der Waals surface area contributed by atoms with Crippen molar-refractivity contribution in [3.8, 4) is 0 Å². The van der Waals surface area contributed by atoms with Crippen molar-refractivity contribution in [1.82, 2.24) is 0 Å². The Kier molecular flexibility index (Phi) is 7.55. The van der Waals surface area contributed by atoms with Crippen LogP contribution in [-0.4, -0.2) is 48.1 Å². The van der Waals surface area contributed by atoms with Gasteiger partial charge in [0.15, 0.2) is 5.71 Å². The third kappa shape index (κ3) is 5.35. The van der Waals surface area contributed by atoms with Gasteiger partial charge in [-0.05, 0) is 50.3 Å². The molecule has 8 heteroatoms. The second kappa shape index (κ2) is 9.79. The predicted octanol–water partition coefficient (Wildman–Crippen LogP) is 4.73. The average Bonchev–Trinajstić information content (AvgIpc) is 3.25. The van der Waals surface area contributed by atoms with E-state index in [4.69, 9.17) is 4.74 Å². The van der Waals surface area contributed by atoms with E-state index in [0.29, 0.717) is 26.0 Å². The maximum atomic E-state index is 11.6. The lowest BCUT2D eigenvalue weighted by Gasteiger charge is -2.22. The molecule has 0 saturated carbocycles. The molecular formula is C23H31NO5S2. The van der Waals surface area contributed by atoms with E-state index in [1.807, 2.05) is 6.92 Å². The Morgan fingerprint density at radius 3 is 2.68 bits per heavy atom. The Labute approximate surface area is 188 Å². The molecule has 0 N–H and O–H groups in total. The molecular weight excluding hydrogens is 434 g/mol. The van der Waals surface area contributed by atoms with Crippen LogP contribution in [0.4, 0.5) is 5.69 Å². The van der Waals surface area contributed by atoms with Crippen LogP contribution in [0.5, 0.6) is 0 Å². The largest absolute Gasteiger partial charge is 0.748 e. The Morgan fingerprint density at radius 2 is 1.97 bits per heavy atom. The van der Waals surface area contributed by atoms with Crippen molar-refractivity contribution in [3.63, 3.8) is 0 Å². The second-order valence-electron chi connectivity index (χ2n) is 8.34. The third-order valence-corrected chi connectivity index (χ3v) is 7.98. The van der Waals surface area contributed by atoms with E-state index in [1.165, 1.54) is 21.4 Å². The number of ether oxygens (including phenoxy) is 1. The number of rotatable bonds is 11. The first-order chi connectivity index (χ1) is 14.7. The van der Waals surface area contributed by atoms with Gasteiger partial charge in [0.2, 0.25) is 5.69 Å². The Morgan fingerprint density at radius 1 is 1.19 bits per heavy atom. The van der Waals surface area contributed by atoms with Gasteiger partial charge in [0.05, 0.1) is 27.5 Å². The number of carbonyl (C=O) groups is 1. The monoisotopic (exact) mass is 465 g/mol. The van der Waals surface area contributed by atoms with Gasteiger partial charge < -0.3 is 9.29 Å².